The summed E-state index contributed by atoms with van der Waals surface area (Å²) in [6.07, 6.45) is 1.93. The first-order valence-corrected chi connectivity index (χ1v) is 12.0. The predicted molar refractivity (Wildman–Crippen MR) is 135 cm³/mol. The summed E-state index contributed by atoms with van der Waals surface area (Å²) in [5.41, 5.74) is 5.91. The van der Waals surface area contributed by atoms with Gasteiger partial charge in [0.1, 0.15) is 5.82 Å². The van der Waals surface area contributed by atoms with Gasteiger partial charge in [-0.15, -0.1) is 9.39 Å². The van der Waals surface area contributed by atoms with E-state index in [1.807, 2.05) is 31.3 Å². The highest BCUT2D eigenvalue weighted by Gasteiger charge is 2.08. The molecule has 0 unspecified atom stereocenters. The van der Waals surface area contributed by atoms with Crippen LogP contribution in [0.1, 0.15) is 11.1 Å². The smallest absolute Gasteiger partial charge is 0.126 e. The van der Waals surface area contributed by atoms with Gasteiger partial charge in [-0.05, 0) is 53.3 Å². The molecule has 0 saturated carbocycles. The molecule has 0 amide bonds. The number of nitrogens with two attached hydrogens (primary N) is 1. The number of nitrogens with zero attached hydrogens (tertiary/aromatic N) is 1. The van der Waals surface area contributed by atoms with Crippen LogP contribution in [0.3, 0.4) is 0 Å². The quantitative estimate of drug-likeness (QED) is 0.403. The van der Waals surface area contributed by atoms with Gasteiger partial charge in [0.15, 0.2) is 0 Å². The number of benzene rings is 3. The van der Waals surface area contributed by atoms with Crippen molar-refractivity contribution in [2.75, 3.05) is 12.4 Å². The zero-order valence-corrected chi connectivity index (χ0v) is 18.1. The molecule has 3 nitrogen and oxygen atoms in total. The highest BCUT2D eigenvalue weighted by Crippen LogP contribution is 2.35. The zero-order chi connectivity index (χ0) is 21.1. The molecule has 0 aliphatic carbocycles. The number of pyridine rings is 1. The summed E-state index contributed by atoms with van der Waals surface area (Å²) >= 11 is 0. The Morgan fingerprint density at radius 1 is 0.900 bits per heavy atom. The highest BCUT2D eigenvalue weighted by molar-refractivity contribution is 8.26. The maximum absolute atomic E-state index is 6.26. The Hall–Kier alpha value is -3.08. The van der Waals surface area contributed by atoms with Crippen LogP contribution in [0, 0.1) is 0 Å². The van der Waals surface area contributed by atoms with Crippen molar-refractivity contribution in [1.29, 1.82) is 0 Å². The molecule has 4 aromatic rings. The van der Waals surface area contributed by atoms with Gasteiger partial charge in [0.05, 0.1) is 5.52 Å². The predicted octanol–water partition coefficient (Wildman–Crippen LogP) is 5.63. The van der Waals surface area contributed by atoms with Crippen molar-refractivity contribution in [3.05, 3.63) is 90.0 Å². The maximum atomic E-state index is 6.26. The molecule has 3 N–H and O–H groups in total. The average Bonchev–Trinajstić information content (AvgIpc) is 2.77. The van der Waals surface area contributed by atoms with Gasteiger partial charge >= 0.3 is 0 Å². The molecule has 0 spiro atoms. The Bertz CT molecular complexity index is 1290. The van der Waals surface area contributed by atoms with E-state index in [4.69, 9.17) is 5.14 Å². The molecular weight excluding hydrogens is 386 g/mol. The number of aromatic nitrogens is 1. The summed E-state index contributed by atoms with van der Waals surface area (Å²) in [6.45, 7) is 0. The van der Waals surface area contributed by atoms with E-state index < -0.39 is 9.39 Å². The van der Waals surface area contributed by atoms with Crippen LogP contribution in [0.25, 0.3) is 22.0 Å². The van der Waals surface area contributed by atoms with E-state index >= 15 is 0 Å². The zero-order valence-electron chi connectivity index (χ0n) is 17.3. The second kappa shape index (κ2) is 8.34. The first-order valence-electron chi connectivity index (χ1n) is 9.97. The normalized spacial score (nSPS) is 11.5. The lowest BCUT2D eigenvalue weighted by Gasteiger charge is -2.15. The molecule has 152 valence electrons. The molecule has 0 fully saturated rings. The molecule has 0 radical (unpaired) electrons. The lowest BCUT2D eigenvalue weighted by atomic mass is 9.98. The van der Waals surface area contributed by atoms with Crippen LogP contribution in [0.4, 0.5) is 5.82 Å². The summed E-state index contributed by atoms with van der Waals surface area (Å²) in [5, 5.41) is 10.6. The number of fused-ring (bicyclic) bond motifs is 1. The van der Waals surface area contributed by atoms with Gasteiger partial charge in [-0.1, -0.05) is 72.4 Å². The Balaban J connectivity index is 1.58. The molecular formula is C26H27N3S. The van der Waals surface area contributed by atoms with E-state index in [2.05, 4.69) is 76.6 Å². The van der Waals surface area contributed by atoms with Gasteiger partial charge in [0.25, 0.3) is 0 Å². The molecule has 0 saturated heterocycles. The van der Waals surface area contributed by atoms with Gasteiger partial charge in [-0.3, -0.25) is 5.14 Å². The minimum atomic E-state index is -1.78. The van der Waals surface area contributed by atoms with Gasteiger partial charge in [-0.2, -0.15) is 0 Å². The molecule has 0 aliphatic heterocycles. The van der Waals surface area contributed by atoms with Gasteiger partial charge in [0.2, 0.25) is 0 Å². The lowest BCUT2D eigenvalue weighted by Crippen LogP contribution is -1.98. The number of nitrogens with one attached hydrogen (secondary N) is 1. The maximum Gasteiger partial charge on any atom is 0.126 e. The Morgan fingerprint density at radius 3 is 2.33 bits per heavy atom. The molecule has 0 bridgehead atoms. The largest absolute Gasteiger partial charge is 0.373 e. The molecule has 0 atom stereocenters. The van der Waals surface area contributed by atoms with Crippen molar-refractivity contribution in [3.8, 4) is 11.1 Å². The van der Waals surface area contributed by atoms with Crippen LogP contribution in [-0.2, 0) is 12.8 Å². The van der Waals surface area contributed by atoms with E-state index in [-0.39, 0.29) is 0 Å². The average molecular weight is 414 g/mol. The summed E-state index contributed by atoms with van der Waals surface area (Å²) in [4.78, 5) is 5.68. The lowest BCUT2D eigenvalue weighted by molar-refractivity contribution is 0.967. The molecule has 1 aromatic heterocycles. The molecule has 4 rings (SSSR count). The first-order chi connectivity index (χ1) is 14.5. The van der Waals surface area contributed by atoms with Crippen LogP contribution in [0.5, 0.6) is 0 Å². The second-order valence-corrected chi connectivity index (χ2v) is 9.90. The fourth-order valence-corrected chi connectivity index (χ4v) is 4.75. The highest BCUT2D eigenvalue weighted by atomic mass is 32.2. The number of para-hydroxylation sites is 1. The molecule has 4 heteroatoms. The minimum absolute atomic E-state index is 0.907. The van der Waals surface area contributed by atoms with Gasteiger partial charge in [0, 0.05) is 17.3 Å². The van der Waals surface area contributed by atoms with Crippen molar-refractivity contribution in [3.63, 3.8) is 0 Å². The van der Waals surface area contributed by atoms with Crippen molar-refractivity contribution in [1.82, 2.24) is 4.98 Å². The topological polar surface area (TPSA) is 50.9 Å². The van der Waals surface area contributed by atoms with Gasteiger partial charge in [-0.25, -0.2) is 4.98 Å². The summed E-state index contributed by atoms with van der Waals surface area (Å²) in [5.74, 6) is 9.08. The number of aryl methyl sites for hydroxylation is 2. The number of hydrogen-bond donors (Lipinski definition) is 2. The molecule has 0 aliphatic rings. The Morgan fingerprint density at radius 2 is 1.60 bits per heavy atom. The van der Waals surface area contributed by atoms with E-state index in [9.17, 15) is 0 Å². The van der Waals surface area contributed by atoms with Crippen molar-refractivity contribution in [2.45, 2.75) is 17.7 Å². The molecule has 3 aromatic carbocycles. The summed E-state index contributed by atoms with van der Waals surface area (Å²) < 4.78 is 0. The first kappa shape index (κ1) is 20.2. The number of hydrogen-bond acceptors (Lipinski definition) is 3. The van der Waals surface area contributed by atoms with E-state index in [0.717, 1.165) is 40.2 Å². The number of rotatable bonds is 6. The van der Waals surface area contributed by atoms with Crippen LogP contribution < -0.4 is 10.5 Å². The van der Waals surface area contributed by atoms with Crippen LogP contribution in [-0.4, -0.2) is 23.8 Å². The number of anilines is 1. The van der Waals surface area contributed by atoms with Gasteiger partial charge < -0.3 is 5.32 Å². The third kappa shape index (κ3) is 4.25. The van der Waals surface area contributed by atoms with Crippen LogP contribution >= 0.6 is 9.39 Å². The van der Waals surface area contributed by atoms with Crippen LogP contribution in [0.15, 0.2) is 83.8 Å². The molecule has 30 heavy (non-hydrogen) atoms. The van der Waals surface area contributed by atoms with E-state index in [0.29, 0.717) is 0 Å². The third-order valence-corrected chi connectivity index (χ3v) is 6.56. The minimum Gasteiger partial charge on any atom is -0.373 e. The van der Waals surface area contributed by atoms with Crippen molar-refractivity contribution >= 4 is 37.9 Å². The van der Waals surface area contributed by atoms with Crippen LogP contribution in [0.2, 0.25) is 0 Å². The fourth-order valence-electron chi connectivity index (χ4n) is 3.77. The molecule has 1 heterocycles. The Labute approximate surface area is 179 Å². The SMILES string of the molecule is C=S(=C)(N)c1ccccc1-c1ccc(CCc2cc(NC)nc3ccccc23)cc1. The third-order valence-electron chi connectivity index (χ3n) is 5.33. The Kier molecular flexibility index (Phi) is 5.62. The second-order valence-electron chi connectivity index (χ2n) is 7.57. The standard InChI is InChI=1S/C26H27N3S/c1-28-26-18-21(22-8-4-6-10-24(22)29-26)17-14-19-12-15-20(16-13-19)23-9-5-7-11-25(23)30(2,3)27/h4-13,15-16,18H,2-3,14,17,27H2,1H3,(H,28,29). The summed E-state index contributed by atoms with van der Waals surface area (Å²) in [6, 6.07) is 27.4. The van der Waals surface area contributed by atoms with Crippen molar-refractivity contribution < 1.29 is 0 Å². The monoisotopic (exact) mass is 413 g/mol. The van der Waals surface area contributed by atoms with E-state index in [1.165, 1.54) is 16.5 Å². The van der Waals surface area contributed by atoms with E-state index in [1.54, 1.807) is 0 Å². The fraction of sp³-hybridized carbons (Fsp3) is 0.115. The van der Waals surface area contributed by atoms with Crippen molar-refractivity contribution in [2.24, 2.45) is 5.14 Å². The summed E-state index contributed by atoms with van der Waals surface area (Å²) in [7, 11) is 0.132.